The van der Waals surface area contributed by atoms with Gasteiger partial charge < -0.3 is 10.7 Å². The number of hydrogen-bond acceptors (Lipinski definition) is 2. The van der Waals surface area contributed by atoms with Crippen molar-refractivity contribution in [2.24, 2.45) is 5.73 Å². The Bertz CT molecular complexity index is 811. The molecule has 0 unspecified atom stereocenters. The zero-order valence-corrected chi connectivity index (χ0v) is 12.0. The van der Waals surface area contributed by atoms with E-state index in [1.54, 1.807) is 12.3 Å². The van der Waals surface area contributed by atoms with Crippen molar-refractivity contribution in [3.8, 4) is 11.4 Å². The van der Waals surface area contributed by atoms with Crippen molar-refractivity contribution in [1.82, 2.24) is 9.97 Å². The molecule has 0 atom stereocenters. The number of fused-ring (bicyclic) bond motifs is 1. The van der Waals surface area contributed by atoms with Crippen LogP contribution in [0, 0.1) is 5.82 Å². The molecule has 0 saturated heterocycles. The van der Waals surface area contributed by atoms with Crippen LogP contribution in [0.5, 0.6) is 0 Å². The van der Waals surface area contributed by atoms with Gasteiger partial charge in [0.25, 0.3) is 0 Å². The van der Waals surface area contributed by atoms with E-state index in [-0.39, 0.29) is 11.7 Å². The van der Waals surface area contributed by atoms with Gasteiger partial charge in [-0.2, -0.15) is 0 Å². The largest absolute Gasteiger partial charge is 0.370 e. The van der Waals surface area contributed by atoms with Gasteiger partial charge in [-0.15, -0.1) is 0 Å². The molecule has 1 aromatic carbocycles. The zero-order valence-electron chi connectivity index (χ0n) is 12.0. The number of nitrogens with zero attached hydrogens (tertiary/aromatic N) is 1. The number of pyridine rings is 1. The van der Waals surface area contributed by atoms with Gasteiger partial charge in [0.2, 0.25) is 5.91 Å². The lowest BCUT2D eigenvalue weighted by Gasteiger charge is -2.04. The SMILES string of the molecule is NC(=O)CCCc1c(-c2ccccn2)[nH]c2ccc(F)cc12. The fourth-order valence-electron chi connectivity index (χ4n) is 2.65. The maximum atomic E-state index is 13.6. The number of aromatic amines is 1. The summed E-state index contributed by atoms with van der Waals surface area (Å²) in [6, 6.07) is 10.3. The number of H-pyrrole nitrogens is 1. The van der Waals surface area contributed by atoms with E-state index >= 15 is 0 Å². The summed E-state index contributed by atoms with van der Waals surface area (Å²) >= 11 is 0. The molecule has 0 radical (unpaired) electrons. The maximum absolute atomic E-state index is 13.6. The maximum Gasteiger partial charge on any atom is 0.217 e. The van der Waals surface area contributed by atoms with Gasteiger partial charge in [-0.1, -0.05) is 6.07 Å². The van der Waals surface area contributed by atoms with Crippen LogP contribution in [0.2, 0.25) is 0 Å². The first-order chi connectivity index (χ1) is 10.6. The van der Waals surface area contributed by atoms with E-state index in [1.165, 1.54) is 12.1 Å². The molecule has 0 bridgehead atoms. The second-order valence-corrected chi connectivity index (χ2v) is 5.20. The molecule has 22 heavy (non-hydrogen) atoms. The van der Waals surface area contributed by atoms with Crippen LogP contribution in [-0.4, -0.2) is 15.9 Å². The second-order valence-electron chi connectivity index (χ2n) is 5.20. The molecule has 3 N–H and O–H groups in total. The lowest BCUT2D eigenvalue weighted by atomic mass is 10.0. The van der Waals surface area contributed by atoms with E-state index in [0.717, 1.165) is 27.9 Å². The van der Waals surface area contributed by atoms with Gasteiger partial charge in [0.15, 0.2) is 0 Å². The number of halogens is 1. The summed E-state index contributed by atoms with van der Waals surface area (Å²) < 4.78 is 13.6. The van der Waals surface area contributed by atoms with E-state index in [2.05, 4.69) is 9.97 Å². The molecule has 1 amide bonds. The van der Waals surface area contributed by atoms with Crippen molar-refractivity contribution in [2.75, 3.05) is 0 Å². The first-order valence-corrected chi connectivity index (χ1v) is 7.15. The van der Waals surface area contributed by atoms with E-state index < -0.39 is 0 Å². The molecule has 0 aliphatic heterocycles. The molecule has 2 aromatic heterocycles. The number of aryl methyl sites for hydroxylation is 1. The molecule has 0 fully saturated rings. The monoisotopic (exact) mass is 297 g/mol. The third kappa shape index (κ3) is 2.83. The fraction of sp³-hybridized carbons (Fsp3) is 0.176. The molecule has 3 rings (SSSR count). The number of carbonyl (C=O) groups excluding carboxylic acids is 1. The molecule has 0 spiro atoms. The standard InChI is InChI=1S/C17H16FN3O/c18-11-7-8-14-13(10-11)12(4-3-6-16(19)22)17(21-14)15-5-1-2-9-20-15/h1-2,5,7-10,21H,3-4,6H2,(H2,19,22). The first kappa shape index (κ1) is 14.3. The highest BCUT2D eigenvalue weighted by Crippen LogP contribution is 2.31. The number of benzene rings is 1. The van der Waals surface area contributed by atoms with Gasteiger partial charge >= 0.3 is 0 Å². The molecule has 112 valence electrons. The van der Waals surface area contributed by atoms with Gasteiger partial charge in [-0.3, -0.25) is 9.78 Å². The van der Waals surface area contributed by atoms with Gasteiger partial charge in [0.1, 0.15) is 5.82 Å². The Morgan fingerprint density at radius 2 is 2.14 bits per heavy atom. The predicted molar refractivity (Wildman–Crippen MR) is 83.6 cm³/mol. The first-order valence-electron chi connectivity index (χ1n) is 7.15. The molecule has 0 aliphatic rings. The highest BCUT2D eigenvalue weighted by molar-refractivity contribution is 5.90. The number of nitrogens with one attached hydrogen (secondary N) is 1. The number of nitrogens with two attached hydrogens (primary N) is 1. The molecule has 2 heterocycles. The molecule has 4 nitrogen and oxygen atoms in total. The normalized spacial score (nSPS) is 11.0. The number of aromatic nitrogens is 2. The van der Waals surface area contributed by atoms with E-state index in [1.807, 2.05) is 18.2 Å². The summed E-state index contributed by atoms with van der Waals surface area (Å²) in [4.78, 5) is 18.6. The Morgan fingerprint density at radius 3 is 2.86 bits per heavy atom. The fourth-order valence-corrected chi connectivity index (χ4v) is 2.65. The zero-order chi connectivity index (χ0) is 15.5. The Hall–Kier alpha value is -2.69. The second kappa shape index (κ2) is 5.97. The number of primary amides is 1. The van der Waals surface area contributed by atoms with E-state index in [9.17, 15) is 9.18 Å². The van der Waals surface area contributed by atoms with Crippen molar-refractivity contribution in [3.05, 3.63) is 54.0 Å². The average molecular weight is 297 g/mol. The average Bonchev–Trinajstić information content (AvgIpc) is 2.86. The molecular weight excluding hydrogens is 281 g/mol. The number of rotatable bonds is 5. The highest BCUT2D eigenvalue weighted by Gasteiger charge is 2.14. The van der Waals surface area contributed by atoms with Crippen molar-refractivity contribution < 1.29 is 9.18 Å². The molecule has 5 heteroatoms. The molecule has 0 aliphatic carbocycles. The Kier molecular flexibility index (Phi) is 3.87. The lowest BCUT2D eigenvalue weighted by Crippen LogP contribution is -2.10. The minimum atomic E-state index is -0.328. The summed E-state index contributed by atoms with van der Waals surface area (Å²) in [5, 5.41) is 0.824. The van der Waals surface area contributed by atoms with Crippen molar-refractivity contribution in [2.45, 2.75) is 19.3 Å². The van der Waals surface area contributed by atoms with Crippen molar-refractivity contribution >= 4 is 16.8 Å². The number of amides is 1. The van der Waals surface area contributed by atoms with Gasteiger partial charge in [-0.05, 0) is 48.7 Å². The third-order valence-corrected chi connectivity index (χ3v) is 3.64. The summed E-state index contributed by atoms with van der Waals surface area (Å²) in [7, 11) is 0. The van der Waals surface area contributed by atoms with Crippen LogP contribution in [0.3, 0.4) is 0 Å². The van der Waals surface area contributed by atoms with Gasteiger partial charge in [-0.25, -0.2) is 4.39 Å². The van der Waals surface area contributed by atoms with Crippen LogP contribution in [-0.2, 0) is 11.2 Å². The van der Waals surface area contributed by atoms with Crippen LogP contribution in [0.25, 0.3) is 22.3 Å². The molecular formula is C17H16FN3O. The van der Waals surface area contributed by atoms with Crippen molar-refractivity contribution in [3.63, 3.8) is 0 Å². The van der Waals surface area contributed by atoms with Gasteiger partial charge in [0, 0.05) is 23.5 Å². The van der Waals surface area contributed by atoms with Crippen LogP contribution in [0.15, 0.2) is 42.6 Å². The number of hydrogen-bond donors (Lipinski definition) is 2. The van der Waals surface area contributed by atoms with Gasteiger partial charge in [0.05, 0.1) is 11.4 Å². The Labute approximate surface area is 127 Å². The van der Waals surface area contributed by atoms with E-state index in [0.29, 0.717) is 19.3 Å². The van der Waals surface area contributed by atoms with Crippen molar-refractivity contribution in [1.29, 1.82) is 0 Å². The number of carbonyl (C=O) groups is 1. The summed E-state index contributed by atoms with van der Waals surface area (Å²) in [6.45, 7) is 0. The van der Waals surface area contributed by atoms with E-state index in [4.69, 9.17) is 5.73 Å². The Balaban J connectivity index is 2.07. The molecule has 0 saturated carbocycles. The third-order valence-electron chi connectivity index (χ3n) is 3.64. The van der Waals surface area contributed by atoms with Crippen LogP contribution in [0.1, 0.15) is 18.4 Å². The van der Waals surface area contributed by atoms with Crippen LogP contribution in [0.4, 0.5) is 4.39 Å². The lowest BCUT2D eigenvalue weighted by molar-refractivity contribution is -0.118. The Morgan fingerprint density at radius 1 is 1.27 bits per heavy atom. The molecule has 3 aromatic rings. The summed E-state index contributed by atoms with van der Waals surface area (Å²) in [5.41, 5.74) is 8.69. The predicted octanol–water partition coefficient (Wildman–Crippen LogP) is 3.18. The van der Waals surface area contributed by atoms with Crippen LogP contribution >= 0.6 is 0 Å². The smallest absolute Gasteiger partial charge is 0.217 e. The minimum absolute atomic E-state index is 0.282. The quantitative estimate of drug-likeness (QED) is 0.759. The van der Waals surface area contributed by atoms with Crippen LogP contribution < -0.4 is 5.73 Å². The minimum Gasteiger partial charge on any atom is -0.370 e. The topological polar surface area (TPSA) is 71.8 Å². The summed E-state index contributed by atoms with van der Waals surface area (Å²) in [5.74, 6) is -0.611. The summed E-state index contributed by atoms with van der Waals surface area (Å²) in [6.07, 6.45) is 3.29. The highest BCUT2D eigenvalue weighted by atomic mass is 19.1.